The number of ether oxygens (including phenoxy) is 3. The Balaban J connectivity index is 1.56. The maximum atomic E-state index is 11.3. The van der Waals surface area contributed by atoms with Crippen LogP contribution in [-0.2, 0) is 4.79 Å². The molecule has 5 nitrogen and oxygen atoms in total. The van der Waals surface area contributed by atoms with Crippen LogP contribution in [-0.4, -0.2) is 37.7 Å². The topological polar surface area (TPSA) is 48.0 Å². The molecule has 0 N–H and O–H groups in total. The minimum absolute atomic E-state index is 0.222. The molecule has 5 heteroatoms. The maximum Gasteiger partial charge on any atom is 0.231 e. The number of hydrogen-bond donors (Lipinski definition) is 0. The molecule has 28 heavy (non-hydrogen) atoms. The number of benzene rings is 2. The molecule has 2 heterocycles. The highest BCUT2D eigenvalue weighted by atomic mass is 16.7. The molecule has 148 valence electrons. The third-order valence-electron chi connectivity index (χ3n) is 5.65. The molecule has 0 amide bonds. The Morgan fingerprint density at radius 1 is 1.18 bits per heavy atom. The Kier molecular flexibility index (Phi) is 5.53. The van der Waals surface area contributed by atoms with Gasteiger partial charge in [0.15, 0.2) is 11.5 Å². The highest BCUT2D eigenvalue weighted by Gasteiger charge is 2.35. The van der Waals surface area contributed by atoms with Gasteiger partial charge >= 0.3 is 0 Å². The lowest BCUT2D eigenvalue weighted by Gasteiger charge is -2.22. The highest BCUT2D eigenvalue weighted by Crippen LogP contribution is 2.44. The van der Waals surface area contributed by atoms with Gasteiger partial charge in [-0.2, -0.15) is 0 Å². The number of aryl methyl sites for hydroxylation is 1. The molecule has 2 aromatic carbocycles. The second-order valence-corrected chi connectivity index (χ2v) is 7.55. The molecule has 0 saturated carbocycles. The lowest BCUT2D eigenvalue weighted by molar-refractivity contribution is -0.109. The van der Waals surface area contributed by atoms with Crippen LogP contribution in [0, 0.1) is 6.92 Å². The predicted molar refractivity (Wildman–Crippen MR) is 107 cm³/mol. The number of aldehydes is 1. The second-order valence-electron chi connectivity index (χ2n) is 7.55. The van der Waals surface area contributed by atoms with Crippen molar-refractivity contribution < 1.29 is 19.0 Å². The van der Waals surface area contributed by atoms with Crippen molar-refractivity contribution in [2.45, 2.75) is 38.6 Å². The molecule has 4 rings (SSSR count). The molecule has 0 unspecified atom stereocenters. The van der Waals surface area contributed by atoms with Gasteiger partial charge in [0.05, 0.1) is 13.2 Å². The zero-order valence-electron chi connectivity index (χ0n) is 16.5. The van der Waals surface area contributed by atoms with E-state index in [-0.39, 0.29) is 12.8 Å². The number of carbonyl (C=O) groups is 1. The van der Waals surface area contributed by atoms with E-state index in [0.29, 0.717) is 12.5 Å². The van der Waals surface area contributed by atoms with Crippen LogP contribution in [0.15, 0.2) is 36.4 Å². The molecule has 0 bridgehead atoms. The summed E-state index contributed by atoms with van der Waals surface area (Å²) < 4.78 is 16.8. The van der Waals surface area contributed by atoms with Crippen molar-refractivity contribution in [3.05, 3.63) is 53.1 Å². The first-order valence-corrected chi connectivity index (χ1v) is 10.00. The van der Waals surface area contributed by atoms with Crippen LogP contribution in [0.2, 0.25) is 0 Å². The van der Waals surface area contributed by atoms with E-state index in [0.717, 1.165) is 49.5 Å². The van der Waals surface area contributed by atoms with Crippen molar-refractivity contribution in [2.24, 2.45) is 0 Å². The predicted octanol–water partition coefficient (Wildman–Crippen LogP) is 4.24. The quantitative estimate of drug-likeness (QED) is 0.672. The molecular weight excluding hydrogens is 354 g/mol. The third kappa shape index (κ3) is 3.72. The van der Waals surface area contributed by atoms with E-state index in [4.69, 9.17) is 14.2 Å². The van der Waals surface area contributed by atoms with Gasteiger partial charge in [0.25, 0.3) is 0 Å². The maximum absolute atomic E-state index is 11.3. The normalized spacial score (nSPS) is 21.1. The van der Waals surface area contributed by atoms with E-state index in [1.807, 2.05) is 12.1 Å². The van der Waals surface area contributed by atoms with Gasteiger partial charge in [0, 0.05) is 12.6 Å². The summed E-state index contributed by atoms with van der Waals surface area (Å²) in [4.78, 5) is 13.5. The first-order chi connectivity index (χ1) is 13.7. The molecule has 0 spiro atoms. The minimum atomic E-state index is 0.222. The summed E-state index contributed by atoms with van der Waals surface area (Å²) in [6.45, 7) is 6.54. The Morgan fingerprint density at radius 2 is 1.93 bits per heavy atom. The molecule has 2 aliphatic heterocycles. The number of likely N-dealkylation sites (tertiary alicyclic amines) is 1. The Hall–Kier alpha value is -2.53. The lowest BCUT2D eigenvalue weighted by atomic mass is 9.90. The van der Waals surface area contributed by atoms with Gasteiger partial charge in [-0.3, -0.25) is 4.90 Å². The van der Waals surface area contributed by atoms with Gasteiger partial charge < -0.3 is 19.0 Å². The smallest absolute Gasteiger partial charge is 0.231 e. The summed E-state index contributed by atoms with van der Waals surface area (Å²) in [7, 11) is 0. The first-order valence-electron chi connectivity index (χ1n) is 10.00. The molecule has 1 saturated heterocycles. The van der Waals surface area contributed by atoms with Crippen molar-refractivity contribution in [1.29, 1.82) is 0 Å². The average Bonchev–Trinajstić information content (AvgIpc) is 3.33. The van der Waals surface area contributed by atoms with Crippen molar-refractivity contribution >= 4 is 6.29 Å². The van der Waals surface area contributed by atoms with Gasteiger partial charge in [-0.1, -0.05) is 19.1 Å². The Labute approximate surface area is 166 Å². The van der Waals surface area contributed by atoms with E-state index in [9.17, 15) is 4.79 Å². The third-order valence-corrected chi connectivity index (χ3v) is 5.65. The van der Waals surface area contributed by atoms with Gasteiger partial charge in [-0.15, -0.1) is 0 Å². The van der Waals surface area contributed by atoms with Crippen LogP contribution in [0.1, 0.15) is 48.4 Å². The zero-order chi connectivity index (χ0) is 19.5. The number of carbonyl (C=O) groups excluding carboxylic acids is 1. The van der Waals surface area contributed by atoms with Gasteiger partial charge in [-0.25, -0.2) is 0 Å². The monoisotopic (exact) mass is 381 g/mol. The molecule has 0 radical (unpaired) electrons. The highest BCUT2D eigenvalue weighted by molar-refractivity contribution is 5.53. The summed E-state index contributed by atoms with van der Waals surface area (Å²) in [5, 5.41) is 0. The Morgan fingerprint density at radius 3 is 2.64 bits per heavy atom. The van der Waals surface area contributed by atoms with Crippen LogP contribution in [0.25, 0.3) is 0 Å². The molecule has 2 aromatic rings. The fraction of sp³-hybridized carbons (Fsp3) is 0.435. The van der Waals surface area contributed by atoms with E-state index in [1.54, 1.807) is 0 Å². The van der Waals surface area contributed by atoms with Crippen LogP contribution < -0.4 is 14.2 Å². The van der Waals surface area contributed by atoms with Gasteiger partial charge in [0.2, 0.25) is 6.79 Å². The zero-order valence-corrected chi connectivity index (χ0v) is 16.5. The minimum Gasteiger partial charge on any atom is -0.494 e. The summed E-state index contributed by atoms with van der Waals surface area (Å²) in [6, 6.07) is 12.7. The molecule has 0 aromatic heterocycles. The fourth-order valence-electron chi connectivity index (χ4n) is 4.28. The molecule has 1 fully saturated rings. The van der Waals surface area contributed by atoms with Crippen LogP contribution >= 0.6 is 0 Å². The van der Waals surface area contributed by atoms with Crippen LogP contribution in [0.4, 0.5) is 0 Å². The van der Waals surface area contributed by atoms with Crippen LogP contribution in [0.5, 0.6) is 17.2 Å². The molecule has 2 aliphatic rings. The lowest BCUT2D eigenvalue weighted by Crippen LogP contribution is -2.25. The van der Waals surface area contributed by atoms with E-state index in [1.165, 1.54) is 16.7 Å². The summed E-state index contributed by atoms with van der Waals surface area (Å²) >= 11 is 0. The average molecular weight is 381 g/mol. The number of nitrogens with zero attached hydrogens (tertiary/aromatic N) is 1. The van der Waals surface area contributed by atoms with E-state index >= 15 is 0 Å². The number of fused-ring (bicyclic) bond motifs is 1. The molecular formula is C23H27NO4. The van der Waals surface area contributed by atoms with Crippen molar-refractivity contribution in [3.8, 4) is 17.2 Å². The van der Waals surface area contributed by atoms with Crippen molar-refractivity contribution in [1.82, 2.24) is 4.90 Å². The van der Waals surface area contributed by atoms with Crippen LogP contribution in [0.3, 0.4) is 0 Å². The largest absolute Gasteiger partial charge is 0.494 e. The van der Waals surface area contributed by atoms with E-state index < -0.39 is 0 Å². The van der Waals surface area contributed by atoms with Crippen molar-refractivity contribution in [3.63, 3.8) is 0 Å². The van der Waals surface area contributed by atoms with Gasteiger partial charge in [0.1, 0.15) is 12.0 Å². The SMILES string of the molecule is CCCOc1ccc([C@H]2C[C@@H](c3cc4c(cc3C)OCO4)CN2CC=O)cc1. The number of hydrogen-bond acceptors (Lipinski definition) is 5. The fourth-order valence-corrected chi connectivity index (χ4v) is 4.28. The van der Waals surface area contributed by atoms with Crippen molar-refractivity contribution in [2.75, 3.05) is 26.5 Å². The van der Waals surface area contributed by atoms with E-state index in [2.05, 4.69) is 43.0 Å². The first kappa shape index (κ1) is 18.8. The standard InChI is InChI=1S/C23H27NO4/c1-3-10-26-19-6-4-17(5-7-19)21-12-18(14-24(21)8-9-25)20-13-23-22(11-16(20)2)27-15-28-23/h4-7,9,11,13,18,21H,3,8,10,12,14-15H2,1-2H3/t18-,21-/m1/s1. The second kappa shape index (κ2) is 8.23. The Bertz CT molecular complexity index is 833. The molecule has 2 atom stereocenters. The summed E-state index contributed by atoms with van der Waals surface area (Å²) in [5.41, 5.74) is 3.72. The number of rotatable bonds is 7. The summed E-state index contributed by atoms with van der Waals surface area (Å²) in [5.74, 6) is 2.90. The summed E-state index contributed by atoms with van der Waals surface area (Å²) in [6.07, 6.45) is 2.97. The molecule has 0 aliphatic carbocycles. The van der Waals surface area contributed by atoms with Gasteiger partial charge in [-0.05, 0) is 66.6 Å².